The second kappa shape index (κ2) is 7.04. The van der Waals surface area contributed by atoms with Gasteiger partial charge in [-0.25, -0.2) is 4.98 Å². The summed E-state index contributed by atoms with van der Waals surface area (Å²) in [6.07, 6.45) is 0.740. The zero-order valence-electron chi connectivity index (χ0n) is 12.5. The first-order valence-electron chi connectivity index (χ1n) is 7.07. The van der Waals surface area contributed by atoms with Crippen molar-refractivity contribution in [2.24, 2.45) is 5.73 Å². The molecule has 0 radical (unpaired) electrons. The van der Waals surface area contributed by atoms with E-state index < -0.39 is 0 Å². The monoisotopic (exact) mass is 287 g/mol. The third-order valence-electron chi connectivity index (χ3n) is 3.30. The minimum absolute atomic E-state index is 0.0117. The lowest BCUT2D eigenvalue weighted by molar-refractivity contribution is 0.297. The molecule has 112 valence electrons. The summed E-state index contributed by atoms with van der Waals surface area (Å²) in [5.74, 6) is 1.55. The molecule has 0 spiro atoms. The Kier molecular flexibility index (Phi) is 5.11. The first-order valence-corrected chi connectivity index (χ1v) is 7.07. The van der Waals surface area contributed by atoms with Gasteiger partial charge in [0.15, 0.2) is 0 Å². The molecule has 0 aliphatic rings. The van der Waals surface area contributed by atoms with Crippen molar-refractivity contribution >= 4 is 0 Å². The van der Waals surface area contributed by atoms with Gasteiger partial charge in [-0.15, -0.1) is 0 Å². The second-order valence-electron chi connectivity index (χ2n) is 4.95. The van der Waals surface area contributed by atoms with Gasteiger partial charge in [0.05, 0.1) is 6.61 Å². The predicted octanol–water partition coefficient (Wildman–Crippen LogP) is 1.79. The average molecular weight is 287 g/mol. The normalized spacial score (nSPS) is 10.6. The lowest BCUT2D eigenvalue weighted by Crippen LogP contribution is -2.24. The van der Waals surface area contributed by atoms with Crippen molar-refractivity contribution in [3.8, 4) is 5.75 Å². The van der Waals surface area contributed by atoms with Gasteiger partial charge in [0, 0.05) is 30.4 Å². The summed E-state index contributed by atoms with van der Waals surface area (Å²) in [5, 5.41) is 0. The van der Waals surface area contributed by atoms with Crippen LogP contribution in [-0.2, 0) is 13.1 Å². The molecule has 0 saturated heterocycles. The minimum atomic E-state index is -0.0117. The maximum absolute atomic E-state index is 11.9. The Morgan fingerprint density at radius 2 is 2.05 bits per heavy atom. The van der Waals surface area contributed by atoms with Crippen LogP contribution in [-0.4, -0.2) is 16.2 Å². The number of nitrogens with two attached hydrogens (primary N) is 1. The lowest BCUT2D eigenvalue weighted by atomic mass is 10.2. The molecular weight excluding hydrogens is 266 g/mol. The van der Waals surface area contributed by atoms with Gasteiger partial charge in [0.25, 0.3) is 5.56 Å². The number of para-hydroxylation sites is 1. The Morgan fingerprint density at radius 3 is 2.76 bits per heavy atom. The average Bonchev–Trinajstić information content (AvgIpc) is 2.45. The number of hydrogen-bond acceptors (Lipinski definition) is 4. The maximum Gasteiger partial charge on any atom is 0.253 e. The summed E-state index contributed by atoms with van der Waals surface area (Å²) < 4.78 is 7.41. The summed E-state index contributed by atoms with van der Waals surface area (Å²) in [4.78, 5) is 16.2. The number of aromatic nitrogens is 2. The molecule has 0 aliphatic carbocycles. The van der Waals surface area contributed by atoms with Crippen LogP contribution in [0.1, 0.15) is 23.5 Å². The van der Waals surface area contributed by atoms with Gasteiger partial charge in [0.2, 0.25) is 0 Å². The van der Waals surface area contributed by atoms with Crippen molar-refractivity contribution in [2.75, 3.05) is 6.61 Å². The molecular formula is C16H21N3O2. The fraction of sp³-hybridized carbons (Fsp3) is 0.375. The molecule has 21 heavy (non-hydrogen) atoms. The Labute approximate surface area is 124 Å². The Hall–Kier alpha value is -2.14. The highest BCUT2D eigenvalue weighted by molar-refractivity contribution is 5.32. The van der Waals surface area contributed by atoms with Gasteiger partial charge in [-0.2, -0.15) is 0 Å². The van der Waals surface area contributed by atoms with Gasteiger partial charge >= 0.3 is 0 Å². The standard InChI is InChI=1S/C16H21N3O2/c1-12-10-16(20)19(13(2)18-12)8-5-9-21-15-7-4-3-6-14(15)11-17/h3-4,6-7,10H,5,8-9,11,17H2,1-2H3. The van der Waals surface area contributed by atoms with E-state index in [0.717, 1.165) is 29.3 Å². The van der Waals surface area contributed by atoms with Crippen LogP contribution in [0, 0.1) is 13.8 Å². The van der Waals surface area contributed by atoms with E-state index in [2.05, 4.69) is 4.98 Å². The first kappa shape index (κ1) is 15.3. The fourth-order valence-corrected chi connectivity index (χ4v) is 2.25. The quantitative estimate of drug-likeness (QED) is 0.822. The topological polar surface area (TPSA) is 70.1 Å². The Balaban J connectivity index is 1.92. The van der Waals surface area contributed by atoms with Crippen LogP contribution in [0.15, 0.2) is 35.1 Å². The molecule has 0 aliphatic heterocycles. The molecule has 0 atom stereocenters. The lowest BCUT2D eigenvalue weighted by Gasteiger charge is -2.12. The van der Waals surface area contributed by atoms with Crippen molar-refractivity contribution in [3.63, 3.8) is 0 Å². The molecule has 5 nitrogen and oxygen atoms in total. The summed E-state index contributed by atoms with van der Waals surface area (Å²) in [6, 6.07) is 9.28. The van der Waals surface area contributed by atoms with Crippen LogP contribution >= 0.6 is 0 Å². The summed E-state index contributed by atoms with van der Waals surface area (Å²) in [7, 11) is 0. The highest BCUT2D eigenvalue weighted by atomic mass is 16.5. The van der Waals surface area contributed by atoms with Crippen molar-refractivity contribution in [2.45, 2.75) is 33.4 Å². The largest absolute Gasteiger partial charge is 0.493 e. The molecule has 2 rings (SSSR count). The predicted molar refractivity (Wildman–Crippen MR) is 82.4 cm³/mol. The van der Waals surface area contributed by atoms with E-state index in [0.29, 0.717) is 19.7 Å². The SMILES string of the molecule is Cc1cc(=O)n(CCCOc2ccccc2CN)c(C)n1. The minimum Gasteiger partial charge on any atom is -0.493 e. The van der Waals surface area contributed by atoms with Crippen LogP contribution in [0.2, 0.25) is 0 Å². The van der Waals surface area contributed by atoms with E-state index in [1.54, 1.807) is 10.6 Å². The molecule has 0 saturated carbocycles. The van der Waals surface area contributed by atoms with E-state index in [9.17, 15) is 4.79 Å². The van der Waals surface area contributed by atoms with Crippen LogP contribution in [0.4, 0.5) is 0 Å². The van der Waals surface area contributed by atoms with E-state index in [1.807, 2.05) is 38.1 Å². The third kappa shape index (κ3) is 3.92. The van der Waals surface area contributed by atoms with Crippen LogP contribution < -0.4 is 16.0 Å². The van der Waals surface area contributed by atoms with E-state index in [4.69, 9.17) is 10.5 Å². The van der Waals surface area contributed by atoms with Crippen molar-refractivity contribution in [3.05, 3.63) is 57.8 Å². The number of hydrogen-bond donors (Lipinski definition) is 1. The van der Waals surface area contributed by atoms with Gasteiger partial charge < -0.3 is 10.5 Å². The smallest absolute Gasteiger partial charge is 0.253 e. The van der Waals surface area contributed by atoms with Gasteiger partial charge in [-0.3, -0.25) is 9.36 Å². The van der Waals surface area contributed by atoms with E-state index in [-0.39, 0.29) is 5.56 Å². The summed E-state index contributed by atoms with van der Waals surface area (Å²) in [6.45, 7) is 5.26. The highest BCUT2D eigenvalue weighted by Gasteiger charge is 2.04. The molecule has 0 unspecified atom stereocenters. The second-order valence-corrected chi connectivity index (χ2v) is 4.95. The zero-order valence-corrected chi connectivity index (χ0v) is 12.5. The number of rotatable bonds is 6. The van der Waals surface area contributed by atoms with Crippen LogP contribution in [0.5, 0.6) is 5.75 Å². The van der Waals surface area contributed by atoms with Crippen LogP contribution in [0.25, 0.3) is 0 Å². The van der Waals surface area contributed by atoms with E-state index in [1.165, 1.54) is 0 Å². The number of nitrogens with zero attached hydrogens (tertiary/aromatic N) is 2. The molecule has 5 heteroatoms. The molecule has 1 aromatic carbocycles. The molecule has 0 bridgehead atoms. The Bertz CT molecular complexity index is 665. The molecule has 2 aromatic rings. The van der Waals surface area contributed by atoms with Gasteiger partial charge in [-0.1, -0.05) is 18.2 Å². The maximum atomic E-state index is 11.9. The molecule has 0 amide bonds. The third-order valence-corrected chi connectivity index (χ3v) is 3.30. The first-order chi connectivity index (χ1) is 10.1. The summed E-state index contributed by atoms with van der Waals surface area (Å²) in [5.41, 5.74) is 7.39. The summed E-state index contributed by atoms with van der Waals surface area (Å²) >= 11 is 0. The Morgan fingerprint density at radius 1 is 1.29 bits per heavy atom. The highest BCUT2D eigenvalue weighted by Crippen LogP contribution is 2.17. The number of benzene rings is 1. The molecule has 1 heterocycles. The van der Waals surface area contributed by atoms with E-state index >= 15 is 0 Å². The fourth-order valence-electron chi connectivity index (χ4n) is 2.25. The molecule has 0 fully saturated rings. The van der Waals surface area contributed by atoms with Gasteiger partial charge in [-0.05, 0) is 26.3 Å². The van der Waals surface area contributed by atoms with Gasteiger partial charge in [0.1, 0.15) is 11.6 Å². The van der Waals surface area contributed by atoms with Crippen molar-refractivity contribution in [1.29, 1.82) is 0 Å². The number of aryl methyl sites for hydroxylation is 2. The van der Waals surface area contributed by atoms with Crippen LogP contribution in [0.3, 0.4) is 0 Å². The molecule has 2 N–H and O–H groups in total. The van der Waals surface area contributed by atoms with Crippen molar-refractivity contribution in [1.82, 2.24) is 9.55 Å². The van der Waals surface area contributed by atoms with Crippen molar-refractivity contribution < 1.29 is 4.74 Å². The zero-order chi connectivity index (χ0) is 15.2. The molecule has 1 aromatic heterocycles. The number of ether oxygens (including phenoxy) is 1.